The highest BCUT2D eigenvalue weighted by Gasteiger charge is 2.06. The lowest BCUT2D eigenvalue weighted by Gasteiger charge is -2.07. The standard InChI is InChI=1S/C15H14N6O2/c1-21-19-15(18-20-21)11-4-6-13(7-5-11)23-10-14(22)17-12-3-2-8-16-9-12/h2-9H,10H2,1H3,(H,17,22). The van der Waals surface area contributed by atoms with Gasteiger partial charge in [0.15, 0.2) is 6.61 Å². The molecule has 0 fully saturated rings. The number of amides is 1. The van der Waals surface area contributed by atoms with Crippen LogP contribution in [0.1, 0.15) is 0 Å². The van der Waals surface area contributed by atoms with Gasteiger partial charge < -0.3 is 10.1 Å². The minimum atomic E-state index is -0.252. The first-order valence-corrected chi connectivity index (χ1v) is 6.88. The second kappa shape index (κ2) is 6.65. The molecule has 1 N–H and O–H groups in total. The second-order valence-corrected chi connectivity index (χ2v) is 4.71. The second-order valence-electron chi connectivity index (χ2n) is 4.71. The molecule has 0 atom stereocenters. The van der Waals surface area contributed by atoms with Crippen molar-refractivity contribution in [2.24, 2.45) is 7.05 Å². The molecule has 3 aromatic rings. The number of tetrazole rings is 1. The summed E-state index contributed by atoms with van der Waals surface area (Å²) in [5.41, 5.74) is 1.45. The maximum absolute atomic E-state index is 11.8. The normalized spacial score (nSPS) is 10.3. The zero-order valence-electron chi connectivity index (χ0n) is 12.4. The number of carbonyl (C=O) groups excluding carboxylic acids is 1. The molecule has 3 rings (SSSR count). The van der Waals surface area contributed by atoms with Gasteiger partial charge in [0.1, 0.15) is 5.75 Å². The lowest BCUT2D eigenvalue weighted by Crippen LogP contribution is -2.20. The van der Waals surface area contributed by atoms with Crippen molar-refractivity contribution in [3.63, 3.8) is 0 Å². The molecule has 0 aliphatic rings. The van der Waals surface area contributed by atoms with E-state index in [1.165, 1.54) is 4.80 Å². The van der Waals surface area contributed by atoms with Gasteiger partial charge in [-0.05, 0) is 41.6 Å². The molecule has 1 amide bonds. The summed E-state index contributed by atoms with van der Waals surface area (Å²) in [6.45, 7) is -0.0857. The molecule has 8 heteroatoms. The van der Waals surface area contributed by atoms with E-state index in [1.807, 2.05) is 12.1 Å². The summed E-state index contributed by atoms with van der Waals surface area (Å²) in [5.74, 6) is 0.866. The smallest absolute Gasteiger partial charge is 0.262 e. The summed E-state index contributed by atoms with van der Waals surface area (Å²) in [6, 6.07) is 10.6. The average Bonchev–Trinajstić information content (AvgIpc) is 3.01. The average molecular weight is 310 g/mol. The molecule has 0 saturated heterocycles. The maximum atomic E-state index is 11.8. The van der Waals surface area contributed by atoms with Gasteiger partial charge in [-0.15, -0.1) is 10.2 Å². The molecule has 2 heterocycles. The Hall–Kier alpha value is -3.29. The van der Waals surface area contributed by atoms with Crippen molar-refractivity contribution in [3.05, 3.63) is 48.8 Å². The number of benzene rings is 1. The van der Waals surface area contributed by atoms with Gasteiger partial charge in [0, 0.05) is 11.8 Å². The summed E-state index contributed by atoms with van der Waals surface area (Å²) in [6.07, 6.45) is 3.21. The van der Waals surface area contributed by atoms with Crippen molar-refractivity contribution < 1.29 is 9.53 Å². The largest absolute Gasteiger partial charge is 0.484 e. The number of ether oxygens (including phenoxy) is 1. The zero-order valence-corrected chi connectivity index (χ0v) is 12.4. The Labute approximate surface area is 132 Å². The van der Waals surface area contributed by atoms with Crippen molar-refractivity contribution in [1.82, 2.24) is 25.2 Å². The minimum Gasteiger partial charge on any atom is -0.484 e. The highest BCUT2D eigenvalue weighted by atomic mass is 16.5. The SMILES string of the molecule is Cn1nnc(-c2ccc(OCC(=O)Nc3cccnc3)cc2)n1. The van der Waals surface area contributed by atoms with E-state index < -0.39 is 0 Å². The first-order chi connectivity index (χ1) is 11.2. The lowest BCUT2D eigenvalue weighted by atomic mass is 10.2. The Bertz CT molecular complexity index is 785. The van der Waals surface area contributed by atoms with E-state index >= 15 is 0 Å². The summed E-state index contributed by atoms with van der Waals surface area (Å²) >= 11 is 0. The molecule has 0 aliphatic heterocycles. The number of aryl methyl sites for hydroxylation is 1. The summed E-state index contributed by atoms with van der Waals surface area (Å²) in [7, 11) is 1.70. The van der Waals surface area contributed by atoms with E-state index in [0.29, 0.717) is 17.3 Å². The maximum Gasteiger partial charge on any atom is 0.262 e. The number of hydrogen-bond acceptors (Lipinski definition) is 6. The van der Waals surface area contributed by atoms with Gasteiger partial charge in [-0.3, -0.25) is 9.78 Å². The van der Waals surface area contributed by atoms with Crippen LogP contribution in [0.25, 0.3) is 11.4 Å². The van der Waals surface area contributed by atoms with Crippen LogP contribution in [0.15, 0.2) is 48.8 Å². The van der Waals surface area contributed by atoms with E-state index in [1.54, 1.807) is 43.7 Å². The summed E-state index contributed by atoms with van der Waals surface area (Å²) in [4.78, 5) is 17.1. The highest BCUT2D eigenvalue weighted by molar-refractivity contribution is 5.91. The Morgan fingerprint density at radius 1 is 1.26 bits per heavy atom. The fraction of sp³-hybridized carbons (Fsp3) is 0.133. The topological polar surface area (TPSA) is 94.8 Å². The van der Waals surface area contributed by atoms with Crippen LogP contribution < -0.4 is 10.1 Å². The van der Waals surface area contributed by atoms with Crippen LogP contribution in [0.3, 0.4) is 0 Å². The molecule has 2 aromatic heterocycles. The van der Waals surface area contributed by atoms with Crippen molar-refractivity contribution in [2.45, 2.75) is 0 Å². The highest BCUT2D eigenvalue weighted by Crippen LogP contribution is 2.18. The molecule has 23 heavy (non-hydrogen) atoms. The molecule has 1 aromatic carbocycles. The van der Waals surface area contributed by atoms with E-state index in [4.69, 9.17) is 4.74 Å². The third-order valence-corrected chi connectivity index (χ3v) is 2.94. The first-order valence-electron chi connectivity index (χ1n) is 6.88. The number of carbonyl (C=O) groups is 1. The predicted molar refractivity (Wildman–Crippen MR) is 82.6 cm³/mol. The number of aromatic nitrogens is 5. The van der Waals surface area contributed by atoms with Crippen molar-refractivity contribution in [3.8, 4) is 17.1 Å². The van der Waals surface area contributed by atoms with Crippen LogP contribution in [0, 0.1) is 0 Å². The molecule has 116 valence electrons. The quantitative estimate of drug-likeness (QED) is 0.763. The third-order valence-electron chi connectivity index (χ3n) is 2.94. The number of anilines is 1. The molecule has 0 bridgehead atoms. The molecule has 8 nitrogen and oxygen atoms in total. The van der Waals surface area contributed by atoms with Crippen molar-refractivity contribution in [1.29, 1.82) is 0 Å². The monoisotopic (exact) mass is 310 g/mol. The van der Waals surface area contributed by atoms with E-state index in [9.17, 15) is 4.79 Å². The van der Waals surface area contributed by atoms with Crippen molar-refractivity contribution in [2.75, 3.05) is 11.9 Å². The Balaban J connectivity index is 1.55. The third kappa shape index (κ3) is 3.88. The van der Waals surface area contributed by atoms with Gasteiger partial charge in [-0.2, -0.15) is 4.80 Å². The fourth-order valence-electron chi connectivity index (χ4n) is 1.88. The molecular weight excluding hydrogens is 296 g/mol. The lowest BCUT2D eigenvalue weighted by molar-refractivity contribution is -0.118. The minimum absolute atomic E-state index is 0.0857. The van der Waals surface area contributed by atoms with Crippen LogP contribution in [0.5, 0.6) is 5.75 Å². The van der Waals surface area contributed by atoms with Crippen LogP contribution in [-0.4, -0.2) is 37.7 Å². The number of nitrogens with one attached hydrogen (secondary N) is 1. The Morgan fingerprint density at radius 3 is 2.74 bits per heavy atom. The van der Waals surface area contributed by atoms with Gasteiger partial charge in [-0.25, -0.2) is 0 Å². The molecule has 0 spiro atoms. The van der Waals surface area contributed by atoms with Crippen LogP contribution in [0.4, 0.5) is 5.69 Å². The van der Waals surface area contributed by atoms with Crippen LogP contribution in [0.2, 0.25) is 0 Å². The molecule has 0 saturated carbocycles. The Morgan fingerprint density at radius 2 is 2.09 bits per heavy atom. The van der Waals surface area contributed by atoms with E-state index in [-0.39, 0.29) is 12.5 Å². The van der Waals surface area contributed by atoms with Gasteiger partial charge >= 0.3 is 0 Å². The number of nitrogens with zero attached hydrogens (tertiary/aromatic N) is 5. The summed E-state index contributed by atoms with van der Waals surface area (Å²) in [5, 5.41) is 14.5. The molecular formula is C15H14N6O2. The first kappa shape index (κ1) is 14.6. The van der Waals surface area contributed by atoms with E-state index in [2.05, 4.69) is 25.7 Å². The van der Waals surface area contributed by atoms with Gasteiger partial charge in [0.25, 0.3) is 5.91 Å². The Kier molecular flexibility index (Phi) is 4.23. The van der Waals surface area contributed by atoms with Crippen molar-refractivity contribution >= 4 is 11.6 Å². The molecule has 0 unspecified atom stereocenters. The van der Waals surface area contributed by atoms with Crippen LogP contribution >= 0.6 is 0 Å². The number of hydrogen-bond donors (Lipinski definition) is 1. The number of rotatable bonds is 5. The summed E-state index contributed by atoms with van der Waals surface area (Å²) < 4.78 is 5.44. The van der Waals surface area contributed by atoms with Gasteiger partial charge in [0.2, 0.25) is 5.82 Å². The fourth-order valence-corrected chi connectivity index (χ4v) is 1.88. The number of pyridine rings is 1. The molecule has 0 radical (unpaired) electrons. The van der Waals surface area contributed by atoms with Crippen LogP contribution in [-0.2, 0) is 11.8 Å². The molecule has 0 aliphatic carbocycles. The zero-order chi connectivity index (χ0) is 16.1. The predicted octanol–water partition coefficient (Wildman–Crippen LogP) is 1.29. The van der Waals surface area contributed by atoms with Gasteiger partial charge in [0.05, 0.1) is 18.9 Å². The van der Waals surface area contributed by atoms with Gasteiger partial charge in [-0.1, -0.05) is 0 Å². The van der Waals surface area contributed by atoms with E-state index in [0.717, 1.165) is 5.56 Å².